The van der Waals surface area contributed by atoms with Crippen LogP contribution in [0.1, 0.15) is 5.56 Å². The third-order valence-corrected chi connectivity index (χ3v) is 2.82. The number of rotatable bonds is 1. The Bertz CT molecular complexity index is 447. The van der Waals surface area contributed by atoms with Crippen LogP contribution in [-0.4, -0.2) is 10.1 Å². The molecule has 1 aromatic heterocycles. The Morgan fingerprint density at radius 1 is 1.29 bits per heavy atom. The average Bonchev–Trinajstić information content (AvgIpc) is 2.51. The zero-order valence-corrected chi connectivity index (χ0v) is 10.5. The summed E-state index contributed by atoms with van der Waals surface area (Å²) in [6.07, 6.45) is 0. The van der Waals surface area contributed by atoms with Crippen molar-refractivity contribution in [1.82, 2.24) is 10.1 Å². The van der Waals surface area contributed by atoms with Gasteiger partial charge >= 0.3 is 0 Å². The summed E-state index contributed by atoms with van der Waals surface area (Å²) in [6.45, 7) is 2.00. The van der Waals surface area contributed by atoms with Gasteiger partial charge in [0.05, 0.1) is 5.56 Å². The molecule has 0 N–H and O–H groups in total. The fourth-order valence-electron chi connectivity index (χ4n) is 1.21. The lowest BCUT2D eigenvalue weighted by molar-refractivity contribution is 0.426. The largest absolute Gasteiger partial charge is 0.333 e. The number of hydrogen-bond donors (Lipinski definition) is 0. The van der Waals surface area contributed by atoms with Crippen molar-refractivity contribution >= 4 is 31.9 Å². The van der Waals surface area contributed by atoms with Crippen LogP contribution in [0.4, 0.5) is 0 Å². The van der Waals surface area contributed by atoms with Crippen LogP contribution in [0.3, 0.4) is 0 Å². The molecule has 0 aliphatic carbocycles. The normalized spacial score (nSPS) is 10.5. The minimum Gasteiger partial charge on any atom is -0.333 e. The minimum absolute atomic E-state index is 0.461. The summed E-state index contributed by atoms with van der Waals surface area (Å²) in [5.41, 5.74) is 2.03. The van der Waals surface area contributed by atoms with Gasteiger partial charge in [0.1, 0.15) is 0 Å². The summed E-state index contributed by atoms with van der Waals surface area (Å²) in [6, 6.07) is 5.91. The van der Waals surface area contributed by atoms with E-state index in [1.54, 1.807) is 0 Å². The first-order valence-electron chi connectivity index (χ1n) is 3.93. The Hall–Kier alpha value is -0.680. The van der Waals surface area contributed by atoms with Gasteiger partial charge in [0.15, 0.2) is 0 Å². The predicted molar refractivity (Wildman–Crippen MR) is 59.9 cm³/mol. The quantitative estimate of drug-likeness (QED) is 0.807. The zero-order chi connectivity index (χ0) is 10.1. The summed E-state index contributed by atoms with van der Waals surface area (Å²) in [4.78, 5) is 4.11. The van der Waals surface area contributed by atoms with E-state index in [2.05, 4.69) is 42.0 Å². The summed E-state index contributed by atoms with van der Waals surface area (Å²) < 4.78 is 6.49. The third kappa shape index (κ3) is 1.74. The number of hydrogen-bond acceptors (Lipinski definition) is 3. The Kier molecular flexibility index (Phi) is 2.69. The third-order valence-electron chi connectivity index (χ3n) is 1.84. The Labute approximate surface area is 97.8 Å². The van der Waals surface area contributed by atoms with E-state index in [1.807, 2.05) is 25.1 Å². The lowest BCUT2D eigenvalue weighted by atomic mass is 10.1. The molecule has 0 aliphatic rings. The van der Waals surface area contributed by atoms with Crippen LogP contribution in [0.25, 0.3) is 11.5 Å². The Morgan fingerprint density at radius 2 is 2.07 bits per heavy atom. The van der Waals surface area contributed by atoms with Crippen LogP contribution in [-0.2, 0) is 0 Å². The van der Waals surface area contributed by atoms with Gasteiger partial charge in [-0.05, 0) is 55.6 Å². The molecule has 0 radical (unpaired) electrons. The Morgan fingerprint density at radius 3 is 2.64 bits per heavy atom. The maximum Gasteiger partial charge on any atom is 0.260 e. The van der Waals surface area contributed by atoms with Crippen LogP contribution in [0.2, 0.25) is 0 Å². The molecule has 1 heterocycles. The van der Waals surface area contributed by atoms with E-state index in [0.29, 0.717) is 10.6 Å². The maximum atomic E-state index is 5.07. The lowest BCUT2D eigenvalue weighted by Crippen LogP contribution is -1.84. The van der Waals surface area contributed by atoms with Crippen molar-refractivity contribution in [1.29, 1.82) is 0 Å². The second-order valence-corrected chi connectivity index (χ2v) is 4.36. The van der Waals surface area contributed by atoms with Crippen LogP contribution >= 0.6 is 31.9 Å². The van der Waals surface area contributed by atoms with Crippen molar-refractivity contribution in [2.75, 3.05) is 0 Å². The van der Waals surface area contributed by atoms with Gasteiger partial charge < -0.3 is 4.52 Å². The average molecular weight is 318 g/mol. The highest BCUT2D eigenvalue weighted by Crippen LogP contribution is 2.30. The van der Waals surface area contributed by atoms with Gasteiger partial charge in [-0.25, -0.2) is 0 Å². The molecule has 0 amide bonds. The SMILES string of the molecule is Cc1cccc(Br)c1-c1nc(Br)no1. The van der Waals surface area contributed by atoms with E-state index in [1.165, 1.54) is 0 Å². The van der Waals surface area contributed by atoms with Crippen molar-refractivity contribution in [2.24, 2.45) is 0 Å². The first-order valence-corrected chi connectivity index (χ1v) is 5.52. The minimum atomic E-state index is 0.461. The van der Waals surface area contributed by atoms with E-state index in [-0.39, 0.29) is 0 Å². The molecule has 0 atom stereocenters. The molecule has 2 aromatic rings. The van der Waals surface area contributed by atoms with Gasteiger partial charge in [0, 0.05) is 4.47 Å². The fraction of sp³-hybridized carbons (Fsp3) is 0.111. The standard InChI is InChI=1S/C9H6Br2N2O/c1-5-3-2-4-6(10)7(5)8-12-9(11)13-14-8/h2-4H,1H3. The molecule has 5 heteroatoms. The van der Waals surface area contributed by atoms with E-state index in [4.69, 9.17) is 4.52 Å². The highest BCUT2D eigenvalue weighted by atomic mass is 79.9. The highest BCUT2D eigenvalue weighted by Gasteiger charge is 2.12. The smallest absolute Gasteiger partial charge is 0.260 e. The summed E-state index contributed by atoms with van der Waals surface area (Å²) >= 11 is 6.60. The number of benzene rings is 1. The lowest BCUT2D eigenvalue weighted by Gasteiger charge is -2.01. The number of nitrogens with zero attached hydrogens (tertiary/aromatic N) is 2. The topological polar surface area (TPSA) is 38.9 Å². The molecule has 1 aromatic carbocycles. The number of aromatic nitrogens is 2. The molecule has 14 heavy (non-hydrogen) atoms. The fourth-order valence-corrected chi connectivity index (χ4v) is 2.08. The van der Waals surface area contributed by atoms with Crippen molar-refractivity contribution in [3.8, 4) is 11.5 Å². The highest BCUT2D eigenvalue weighted by molar-refractivity contribution is 9.10. The van der Waals surface area contributed by atoms with Crippen LogP contribution in [0, 0.1) is 6.92 Å². The molecular weight excluding hydrogens is 312 g/mol. The van der Waals surface area contributed by atoms with Crippen molar-refractivity contribution in [3.63, 3.8) is 0 Å². The second kappa shape index (κ2) is 3.82. The van der Waals surface area contributed by atoms with E-state index < -0.39 is 0 Å². The predicted octanol–water partition coefficient (Wildman–Crippen LogP) is 3.57. The van der Waals surface area contributed by atoms with Crippen LogP contribution in [0.5, 0.6) is 0 Å². The molecule has 0 saturated heterocycles. The van der Waals surface area contributed by atoms with E-state index in [0.717, 1.165) is 15.6 Å². The van der Waals surface area contributed by atoms with Gasteiger partial charge in [-0.1, -0.05) is 12.1 Å². The first kappa shape index (κ1) is 9.86. The van der Waals surface area contributed by atoms with Crippen LogP contribution < -0.4 is 0 Å². The van der Waals surface area contributed by atoms with E-state index >= 15 is 0 Å². The molecule has 0 unspecified atom stereocenters. The maximum absolute atomic E-state index is 5.07. The summed E-state index contributed by atoms with van der Waals surface area (Å²) in [5.74, 6) is 0.516. The molecule has 0 spiro atoms. The van der Waals surface area contributed by atoms with Gasteiger partial charge in [-0.2, -0.15) is 4.98 Å². The van der Waals surface area contributed by atoms with Crippen molar-refractivity contribution < 1.29 is 4.52 Å². The van der Waals surface area contributed by atoms with Crippen molar-refractivity contribution in [3.05, 3.63) is 33.0 Å². The molecular formula is C9H6Br2N2O. The second-order valence-electron chi connectivity index (χ2n) is 2.80. The zero-order valence-electron chi connectivity index (χ0n) is 7.29. The molecule has 2 rings (SSSR count). The van der Waals surface area contributed by atoms with Crippen molar-refractivity contribution in [2.45, 2.75) is 6.92 Å². The van der Waals surface area contributed by atoms with E-state index in [9.17, 15) is 0 Å². The number of halogens is 2. The molecule has 72 valence electrons. The number of aryl methyl sites for hydroxylation is 1. The summed E-state index contributed by atoms with van der Waals surface area (Å²) in [5, 5.41) is 3.68. The molecule has 0 aliphatic heterocycles. The monoisotopic (exact) mass is 316 g/mol. The van der Waals surface area contributed by atoms with Gasteiger partial charge in [-0.3, -0.25) is 0 Å². The van der Waals surface area contributed by atoms with Gasteiger partial charge in [0.2, 0.25) is 4.73 Å². The molecule has 0 saturated carbocycles. The van der Waals surface area contributed by atoms with Gasteiger partial charge in [-0.15, -0.1) is 0 Å². The van der Waals surface area contributed by atoms with Crippen LogP contribution in [0.15, 0.2) is 31.9 Å². The summed E-state index contributed by atoms with van der Waals surface area (Å²) in [7, 11) is 0. The molecule has 3 nitrogen and oxygen atoms in total. The molecule has 0 bridgehead atoms. The molecule has 0 fully saturated rings. The van der Waals surface area contributed by atoms with Gasteiger partial charge in [0.25, 0.3) is 5.89 Å². The first-order chi connectivity index (χ1) is 6.68. The Balaban J connectivity index is 2.61.